The Morgan fingerprint density at radius 3 is 2.62 bits per heavy atom. The maximum Gasteiger partial charge on any atom is 0.391 e. The number of hydrogen-bond acceptors (Lipinski definition) is 4. The molecule has 1 heterocycles. The van der Waals surface area contributed by atoms with Crippen LogP contribution in [0.5, 0.6) is 0 Å². The molecule has 2 fully saturated rings. The largest absolute Gasteiger partial charge is 0.391 e. The van der Waals surface area contributed by atoms with Crippen molar-refractivity contribution in [2.75, 3.05) is 26.4 Å². The standard InChI is InChI=1S/C14H24F3NO3/c1-2-6-18-11-3-4-13(20-8-9-21-13)10-12(11)19-7-5-14(15,16)17/h11-12,18H,2-10H2,1H3. The first-order valence-electron chi connectivity index (χ1n) is 7.64. The fourth-order valence-corrected chi connectivity index (χ4v) is 2.94. The Kier molecular flexibility index (Phi) is 5.88. The quantitative estimate of drug-likeness (QED) is 0.818. The molecule has 124 valence electrons. The Hall–Kier alpha value is -0.370. The minimum atomic E-state index is -4.18. The van der Waals surface area contributed by atoms with Crippen LogP contribution in [0.4, 0.5) is 13.2 Å². The highest BCUT2D eigenvalue weighted by Crippen LogP contribution is 2.37. The summed E-state index contributed by atoms with van der Waals surface area (Å²) in [7, 11) is 0. The summed E-state index contributed by atoms with van der Waals surface area (Å²) in [5.41, 5.74) is 0. The zero-order valence-electron chi connectivity index (χ0n) is 12.4. The second-order valence-corrected chi connectivity index (χ2v) is 5.69. The average Bonchev–Trinajstić information content (AvgIpc) is 2.85. The molecule has 1 saturated carbocycles. The zero-order valence-corrected chi connectivity index (χ0v) is 12.4. The molecule has 0 amide bonds. The molecule has 0 aromatic heterocycles. The SMILES string of the molecule is CCCNC1CCC2(CC1OCCC(F)(F)F)OCCO2. The van der Waals surface area contributed by atoms with Crippen molar-refractivity contribution in [3.05, 3.63) is 0 Å². The molecule has 1 saturated heterocycles. The first kappa shape index (κ1) is 17.0. The molecule has 21 heavy (non-hydrogen) atoms. The fourth-order valence-electron chi connectivity index (χ4n) is 2.94. The lowest BCUT2D eigenvalue weighted by atomic mass is 9.87. The van der Waals surface area contributed by atoms with Gasteiger partial charge < -0.3 is 19.5 Å². The van der Waals surface area contributed by atoms with Gasteiger partial charge in [0.25, 0.3) is 0 Å². The number of hydrogen-bond donors (Lipinski definition) is 1. The molecule has 7 heteroatoms. The van der Waals surface area contributed by atoms with Crippen LogP contribution >= 0.6 is 0 Å². The third kappa shape index (κ3) is 5.09. The van der Waals surface area contributed by atoms with E-state index in [1.165, 1.54) is 0 Å². The Labute approximate surface area is 123 Å². The van der Waals surface area contributed by atoms with Gasteiger partial charge in [-0.3, -0.25) is 0 Å². The van der Waals surface area contributed by atoms with Crippen molar-refractivity contribution < 1.29 is 27.4 Å². The number of ether oxygens (including phenoxy) is 3. The lowest BCUT2D eigenvalue weighted by Crippen LogP contribution is -2.52. The van der Waals surface area contributed by atoms with Crippen LogP contribution in [0, 0.1) is 0 Å². The molecular weight excluding hydrogens is 287 g/mol. The number of halogens is 3. The molecule has 2 unspecified atom stereocenters. The van der Waals surface area contributed by atoms with E-state index in [1.807, 2.05) is 0 Å². The summed E-state index contributed by atoms with van der Waals surface area (Å²) in [5, 5.41) is 3.36. The van der Waals surface area contributed by atoms with Gasteiger partial charge in [0.05, 0.1) is 32.3 Å². The summed E-state index contributed by atoms with van der Waals surface area (Å²) in [6.45, 7) is 3.66. The summed E-state index contributed by atoms with van der Waals surface area (Å²) in [5.74, 6) is -0.646. The van der Waals surface area contributed by atoms with Crippen molar-refractivity contribution in [3.8, 4) is 0 Å². The maximum atomic E-state index is 12.3. The summed E-state index contributed by atoms with van der Waals surface area (Å²) in [6.07, 6.45) is -2.39. The van der Waals surface area contributed by atoms with Gasteiger partial charge in [-0.25, -0.2) is 0 Å². The molecule has 2 rings (SSSR count). The van der Waals surface area contributed by atoms with Gasteiger partial charge in [0.1, 0.15) is 0 Å². The Morgan fingerprint density at radius 1 is 1.29 bits per heavy atom. The summed E-state index contributed by atoms with van der Waals surface area (Å²) < 4.78 is 53.6. The van der Waals surface area contributed by atoms with Crippen LogP contribution < -0.4 is 5.32 Å². The normalized spacial score (nSPS) is 29.1. The highest BCUT2D eigenvalue weighted by Gasteiger charge is 2.45. The minimum absolute atomic E-state index is 0.0663. The van der Waals surface area contributed by atoms with E-state index in [1.54, 1.807) is 0 Å². The van der Waals surface area contributed by atoms with Crippen LogP contribution in [0.25, 0.3) is 0 Å². The molecule has 0 radical (unpaired) electrons. The first-order valence-corrected chi connectivity index (χ1v) is 7.64. The first-order chi connectivity index (χ1) is 9.94. The summed E-state index contributed by atoms with van der Waals surface area (Å²) in [6, 6.07) is 0.0663. The van der Waals surface area contributed by atoms with Crippen LogP contribution in [0.1, 0.15) is 39.0 Å². The van der Waals surface area contributed by atoms with Crippen molar-refractivity contribution in [3.63, 3.8) is 0 Å². The van der Waals surface area contributed by atoms with Gasteiger partial charge in [-0.15, -0.1) is 0 Å². The number of nitrogens with one attached hydrogen (secondary N) is 1. The van der Waals surface area contributed by atoms with E-state index in [-0.39, 0.29) is 18.8 Å². The Balaban J connectivity index is 1.89. The van der Waals surface area contributed by atoms with Crippen molar-refractivity contribution >= 4 is 0 Å². The van der Waals surface area contributed by atoms with Crippen LogP contribution in [0.15, 0.2) is 0 Å². The second-order valence-electron chi connectivity index (χ2n) is 5.69. The van der Waals surface area contributed by atoms with E-state index in [9.17, 15) is 13.2 Å². The van der Waals surface area contributed by atoms with Crippen LogP contribution in [0.3, 0.4) is 0 Å². The van der Waals surface area contributed by atoms with E-state index in [2.05, 4.69) is 12.2 Å². The predicted octanol–water partition coefficient (Wildman–Crippen LogP) is 2.62. The van der Waals surface area contributed by atoms with Crippen molar-refractivity contribution in [1.82, 2.24) is 5.32 Å². The van der Waals surface area contributed by atoms with Gasteiger partial charge in [0.15, 0.2) is 5.79 Å². The Morgan fingerprint density at radius 2 is 2.00 bits per heavy atom. The number of alkyl halides is 3. The van der Waals surface area contributed by atoms with E-state index in [0.717, 1.165) is 25.8 Å². The van der Waals surface area contributed by atoms with Crippen molar-refractivity contribution in [1.29, 1.82) is 0 Å². The van der Waals surface area contributed by atoms with E-state index in [0.29, 0.717) is 19.6 Å². The summed E-state index contributed by atoms with van der Waals surface area (Å²) in [4.78, 5) is 0. The minimum Gasteiger partial charge on any atom is -0.376 e. The molecular formula is C14H24F3NO3. The number of rotatable bonds is 6. The van der Waals surface area contributed by atoms with Gasteiger partial charge in [0.2, 0.25) is 0 Å². The van der Waals surface area contributed by atoms with Crippen LogP contribution in [0.2, 0.25) is 0 Å². The second kappa shape index (κ2) is 7.26. The van der Waals surface area contributed by atoms with Crippen molar-refractivity contribution in [2.24, 2.45) is 0 Å². The molecule has 0 bridgehead atoms. The molecule has 2 atom stereocenters. The monoisotopic (exact) mass is 311 g/mol. The van der Waals surface area contributed by atoms with Crippen LogP contribution in [-0.2, 0) is 14.2 Å². The van der Waals surface area contributed by atoms with E-state index >= 15 is 0 Å². The molecule has 1 aliphatic carbocycles. The lowest BCUT2D eigenvalue weighted by Gasteiger charge is -2.41. The highest BCUT2D eigenvalue weighted by molar-refractivity contribution is 4.92. The smallest absolute Gasteiger partial charge is 0.376 e. The molecule has 1 spiro atoms. The average molecular weight is 311 g/mol. The molecule has 0 aromatic rings. The molecule has 4 nitrogen and oxygen atoms in total. The third-order valence-corrected chi connectivity index (χ3v) is 3.98. The topological polar surface area (TPSA) is 39.7 Å². The third-order valence-electron chi connectivity index (χ3n) is 3.98. The maximum absolute atomic E-state index is 12.3. The van der Waals surface area contributed by atoms with Gasteiger partial charge >= 0.3 is 6.18 Å². The lowest BCUT2D eigenvalue weighted by molar-refractivity contribution is -0.211. The molecule has 1 aliphatic heterocycles. The van der Waals surface area contributed by atoms with Gasteiger partial charge in [0, 0.05) is 18.9 Å². The van der Waals surface area contributed by atoms with Gasteiger partial charge in [-0.2, -0.15) is 13.2 Å². The summed E-state index contributed by atoms with van der Waals surface area (Å²) >= 11 is 0. The highest BCUT2D eigenvalue weighted by atomic mass is 19.4. The Bertz CT molecular complexity index is 319. The fraction of sp³-hybridized carbons (Fsp3) is 1.00. The van der Waals surface area contributed by atoms with E-state index in [4.69, 9.17) is 14.2 Å². The van der Waals surface area contributed by atoms with Crippen LogP contribution in [-0.4, -0.2) is 50.5 Å². The van der Waals surface area contributed by atoms with Crippen molar-refractivity contribution in [2.45, 2.75) is 63.1 Å². The molecule has 0 aromatic carbocycles. The van der Waals surface area contributed by atoms with E-state index < -0.39 is 18.4 Å². The van der Waals surface area contributed by atoms with Gasteiger partial charge in [-0.1, -0.05) is 6.92 Å². The zero-order chi connectivity index (χ0) is 15.3. The predicted molar refractivity (Wildman–Crippen MR) is 71.0 cm³/mol. The molecule has 1 N–H and O–H groups in total. The van der Waals surface area contributed by atoms with Gasteiger partial charge in [-0.05, 0) is 19.4 Å². The molecule has 2 aliphatic rings.